The normalized spacial score (nSPS) is 17.5. The fourth-order valence-electron chi connectivity index (χ4n) is 6.77. The lowest BCUT2D eigenvalue weighted by Crippen LogP contribution is -2.05. The average Bonchev–Trinajstić information content (AvgIpc) is 3.64. The zero-order chi connectivity index (χ0) is 27.8. The topological polar surface area (TPSA) is 39.4 Å². The van der Waals surface area contributed by atoms with Gasteiger partial charge in [-0.2, -0.15) is 0 Å². The van der Waals surface area contributed by atoms with Crippen molar-refractivity contribution in [1.82, 2.24) is 9.55 Å². The zero-order valence-electron chi connectivity index (χ0n) is 23.8. The number of aryl methyl sites for hydroxylation is 3. The summed E-state index contributed by atoms with van der Waals surface area (Å²) in [5.74, 6) is 0.829. The van der Waals surface area contributed by atoms with Crippen molar-refractivity contribution in [3.8, 4) is 16.8 Å². The van der Waals surface area contributed by atoms with Gasteiger partial charge in [0.25, 0.3) is 0 Å². The summed E-state index contributed by atoms with van der Waals surface area (Å²) < 4.78 is 8.37. The van der Waals surface area contributed by atoms with Gasteiger partial charge in [0, 0.05) is 33.8 Å². The predicted molar refractivity (Wildman–Crippen MR) is 168 cm³/mol. The predicted octanol–water partition coefficient (Wildman–Crippen LogP) is 8.43. The summed E-state index contributed by atoms with van der Waals surface area (Å²) in [6.07, 6.45) is 1.92. The first-order chi connectivity index (χ1) is 19.9. The van der Waals surface area contributed by atoms with Crippen molar-refractivity contribution in [1.29, 1.82) is 0 Å². The van der Waals surface area contributed by atoms with Crippen molar-refractivity contribution in [2.45, 2.75) is 39.7 Å². The smallest absolute Gasteiger partial charge is 0.216 e. The second-order valence-corrected chi connectivity index (χ2v) is 11.7. The number of hydrogen-bond donors (Lipinski definition) is 0. The lowest BCUT2D eigenvalue weighted by Gasteiger charge is -2.16. The molecule has 0 bridgehead atoms. The van der Waals surface area contributed by atoms with Gasteiger partial charge >= 0.3 is 0 Å². The molecule has 4 nitrogen and oxygen atoms in total. The number of rotatable bonds is 3. The minimum Gasteiger partial charge on any atom is -0.475 e. The van der Waals surface area contributed by atoms with E-state index in [1.165, 1.54) is 60.8 Å². The van der Waals surface area contributed by atoms with Crippen LogP contribution in [0.5, 0.6) is 0 Å². The second kappa shape index (κ2) is 8.90. The van der Waals surface area contributed by atoms with Crippen LogP contribution in [0, 0.1) is 20.8 Å². The Balaban J connectivity index is 1.39. The third-order valence-electron chi connectivity index (χ3n) is 8.57. The van der Waals surface area contributed by atoms with Crippen molar-refractivity contribution < 1.29 is 4.74 Å². The van der Waals surface area contributed by atoms with E-state index in [-0.39, 0.29) is 12.0 Å². The Morgan fingerprint density at radius 1 is 0.756 bits per heavy atom. The van der Waals surface area contributed by atoms with Gasteiger partial charge in [0.2, 0.25) is 5.90 Å². The molecule has 0 saturated carbocycles. The molecule has 8 rings (SSSR count). The van der Waals surface area contributed by atoms with E-state index >= 15 is 0 Å². The lowest BCUT2D eigenvalue weighted by atomic mass is 9.90. The minimum atomic E-state index is 0.0928. The van der Waals surface area contributed by atoms with E-state index in [1.54, 1.807) is 0 Å². The molecular weight excluding hydrogens is 502 g/mol. The van der Waals surface area contributed by atoms with Crippen LogP contribution < -0.4 is 0 Å². The van der Waals surface area contributed by atoms with E-state index in [9.17, 15) is 0 Å². The highest BCUT2D eigenvalue weighted by molar-refractivity contribution is 6.10. The van der Waals surface area contributed by atoms with Crippen LogP contribution in [0.1, 0.15) is 51.9 Å². The molecule has 0 spiro atoms. The molecule has 0 saturated heterocycles. The van der Waals surface area contributed by atoms with Crippen molar-refractivity contribution >= 4 is 27.7 Å². The molecule has 0 N–H and O–H groups in total. The molecule has 0 radical (unpaired) electrons. The Kier molecular flexibility index (Phi) is 5.24. The van der Waals surface area contributed by atoms with Crippen LogP contribution >= 0.6 is 0 Å². The quantitative estimate of drug-likeness (QED) is 0.229. The van der Waals surface area contributed by atoms with E-state index in [1.807, 2.05) is 12.3 Å². The monoisotopic (exact) mass is 533 g/mol. The third-order valence-corrected chi connectivity index (χ3v) is 8.57. The summed E-state index contributed by atoms with van der Waals surface area (Å²) in [7, 11) is 0. The first-order valence-electron chi connectivity index (χ1n) is 14.4. The van der Waals surface area contributed by atoms with Crippen molar-refractivity contribution in [3.05, 3.63) is 130 Å². The van der Waals surface area contributed by atoms with Crippen LogP contribution in [-0.4, -0.2) is 28.1 Å². The molecule has 2 aromatic heterocycles. The van der Waals surface area contributed by atoms with Crippen LogP contribution in [0.25, 0.3) is 38.6 Å². The Labute approximate surface area is 240 Å². The van der Waals surface area contributed by atoms with Crippen LogP contribution in [0.15, 0.2) is 96.1 Å². The van der Waals surface area contributed by atoms with Gasteiger partial charge in [-0.15, -0.1) is 0 Å². The summed E-state index contributed by atoms with van der Waals surface area (Å²) in [4.78, 5) is 9.67. The molecule has 4 aromatic carbocycles. The fourth-order valence-corrected chi connectivity index (χ4v) is 6.77. The molecule has 0 fully saturated rings. The van der Waals surface area contributed by atoms with Gasteiger partial charge in [0.1, 0.15) is 6.61 Å². The van der Waals surface area contributed by atoms with Gasteiger partial charge in [-0.05, 0) is 92.4 Å². The van der Waals surface area contributed by atoms with E-state index in [2.05, 4.69) is 111 Å². The fraction of sp³-hybridized carbons (Fsp3) is 0.189. The lowest BCUT2D eigenvalue weighted by molar-refractivity contribution is 0.324. The highest BCUT2D eigenvalue weighted by atomic mass is 16.5. The van der Waals surface area contributed by atoms with Gasteiger partial charge in [-0.3, -0.25) is 4.98 Å². The standard InChI is InChI=1S/C37H31N3O/c1-21-7-10-29-31(16-21)30-6-5-13-38-36(30)35(29)25-9-11-28-32-17-22(2)8-12-33(32)40(34(28)19-25)27-15-23(3)14-26(18-27)37-39-24(4)20-41-37/h5-19,24,35H,20H2,1-4H3/t24-,35?/m1/s1. The van der Waals surface area contributed by atoms with E-state index in [4.69, 9.17) is 14.7 Å². The van der Waals surface area contributed by atoms with Gasteiger partial charge in [-0.1, -0.05) is 53.6 Å². The summed E-state index contributed by atoms with van der Waals surface area (Å²) in [5, 5.41) is 2.51. The summed E-state index contributed by atoms with van der Waals surface area (Å²) in [6, 6.07) is 31.7. The van der Waals surface area contributed by atoms with E-state index < -0.39 is 0 Å². The van der Waals surface area contributed by atoms with Crippen molar-refractivity contribution in [2.24, 2.45) is 4.99 Å². The van der Waals surface area contributed by atoms with Gasteiger partial charge in [0.05, 0.1) is 28.7 Å². The summed E-state index contributed by atoms with van der Waals surface area (Å²) in [5.41, 5.74) is 14.5. The molecule has 200 valence electrons. The molecule has 2 atom stereocenters. The van der Waals surface area contributed by atoms with Gasteiger partial charge in [0.15, 0.2) is 0 Å². The first kappa shape index (κ1) is 24.1. The number of aromatic nitrogens is 2. The SMILES string of the molecule is Cc1cc(C2=N[C@H](C)CO2)cc(-n2c3ccc(C)cc3c3ccc(C4c5ccc(C)cc5-c5cccnc54)cc32)c1. The second-order valence-electron chi connectivity index (χ2n) is 11.7. The molecule has 41 heavy (non-hydrogen) atoms. The number of nitrogens with zero attached hydrogens (tertiary/aromatic N) is 3. The van der Waals surface area contributed by atoms with E-state index in [0.29, 0.717) is 6.61 Å². The number of hydrogen-bond acceptors (Lipinski definition) is 3. The Morgan fingerprint density at radius 2 is 1.61 bits per heavy atom. The van der Waals surface area contributed by atoms with Crippen LogP contribution in [-0.2, 0) is 4.74 Å². The van der Waals surface area contributed by atoms with Crippen molar-refractivity contribution in [2.75, 3.05) is 6.61 Å². The van der Waals surface area contributed by atoms with Crippen molar-refractivity contribution in [3.63, 3.8) is 0 Å². The third kappa shape index (κ3) is 3.74. The average molecular weight is 534 g/mol. The Hall–Kier alpha value is -4.70. The van der Waals surface area contributed by atoms with Gasteiger partial charge < -0.3 is 9.30 Å². The number of pyridine rings is 1. The van der Waals surface area contributed by atoms with E-state index in [0.717, 1.165) is 22.8 Å². The molecule has 1 unspecified atom stereocenters. The highest BCUT2D eigenvalue weighted by Gasteiger charge is 2.31. The zero-order valence-corrected chi connectivity index (χ0v) is 23.8. The van der Waals surface area contributed by atoms with Crippen LogP contribution in [0.3, 0.4) is 0 Å². The molecule has 0 amide bonds. The molecule has 4 heteroatoms. The molecule has 2 aliphatic rings. The van der Waals surface area contributed by atoms with Crippen LogP contribution in [0.2, 0.25) is 0 Å². The van der Waals surface area contributed by atoms with Crippen LogP contribution in [0.4, 0.5) is 0 Å². The molecule has 1 aliphatic carbocycles. The Morgan fingerprint density at radius 3 is 2.46 bits per heavy atom. The summed E-state index contributed by atoms with van der Waals surface area (Å²) >= 11 is 0. The number of ether oxygens (including phenoxy) is 1. The molecule has 1 aliphatic heterocycles. The maximum Gasteiger partial charge on any atom is 0.216 e. The largest absolute Gasteiger partial charge is 0.475 e. The Bertz CT molecular complexity index is 2070. The molecule has 6 aromatic rings. The number of benzene rings is 4. The van der Waals surface area contributed by atoms with Gasteiger partial charge in [-0.25, -0.2) is 4.99 Å². The summed E-state index contributed by atoms with van der Waals surface area (Å²) in [6.45, 7) is 9.20. The number of aliphatic imine (C=N–C) groups is 1. The maximum atomic E-state index is 5.96. The minimum absolute atomic E-state index is 0.0928. The number of fused-ring (bicyclic) bond motifs is 6. The molecule has 3 heterocycles. The first-order valence-corrected chi connectivity index (χ1v) is 14.4. The molecular formula is C37H31N3O. The highest BCUT2D eigenvalue weighted by Crippen LogP contribution is 2.48. The maximum absolute atomic E-state index is 5.96.